The first-order chi connectivity index (χ1) is 7.43. The zero-order valence-corrected chi connectivity index (χ0v) is 11.1. The minimum Gasteiger partial charge on any atom is -0.478 e. The molecule has 0 heterocycles. The largest absolute Gasteiger partial charge is 0.478 e. The molecule has 0 aliphatic carbocycles. The average molecular weight is 333 g/mol. The number of aromatic carboxylic acids is 1. The molecule has 1 rings (SSSR count). The quantitative estimate of drug-likeness (QED) is 0.833. The summed E-state index contributed by atoms with van der Waals surface area (Å²) in [6.07, 6.45) is 0. The van der Waals surface area contributed by atoms with Crippen LogP contribution in [0.2, 0.25) is 0 Å². The Morgan fingerprint density at radius 3 is 2.50 bits per heavy atom. The highest BCUT2D eigenvalue weighted by molar-refractivity contribution is 14.1. The Hall–Kier alpha value is -1.11. The second kappa shape index (κ2) is 5.29. The van der Waals surface area contributed by atoms with Crippen molar-refractivity contribution in [1.82, 2.24) is 5.32 Å². The molecular weight excluding hydrogens is 321 g/mol. The standard InChI is InChI=1S/C11H12INO3/c1-6(2)13-10(14)7-4-3-5-8(12)9(7)11(15)16/h3-6H,1-2H3,(H,13,14)(H,15,16). The molecule has 0 bridgehead atoms. The van der Waals surface area contributed by atoms with Gasteiger partial charge in [-0.15, -0.1) is 0 Å². The number of benzene rings is 1. The highest BCUT2D eigenvalue weighted by atomic mass is 127. The minimum absolute atomic E-state index is 0.0213. The van der Waals surface area contributed by atoms with Gasteiger partial charge in [0.25, 0.3) is 5.91 Å². The molecule has 16 heavy (non-hydrogen) atoms. The van der Waals surface area contributed by atoms with E-state index < -0.39 is 5.97 Å². The van der Waals surface area contributed by atoms with E-state index in [9.17, 15) is 9.59 Å². The maximum absolute atomic E-state index is 11.8. The monoisotopic (exact) mass is 333 g/mol. The molecule has 2 N–H and O–H groups in total. The number of carboxylic acid groups (broad SMARTS) is 1. The molecule has 0 aliphatic heterocycles. The van der Waals surface area contributed by atoms with Crippen LogP contribution in [0, 0.1) is 3.57 Å². The van der Waals surface area contributed by atoms with E-state index in [-0.39, 0.29) is 23.1 Å². The number of carboxylic acids is 1. The molecule has 0 saturated heterocycles. The van der Waals surface area contributed by atoms with Crippen molar-refractivity contribution in [3.63, 3.8) is 0 Å². The molecule has 0 saturated carbocycles. The second-order valence-corrected chi connectivity index (χ2v) is 4.76. The molecule has 0 aliphatic rings. The average Bonchev–Trinajstić information content (AvgIpc) is 2.15. The molecule has 0 unspecified atom stereocenters. The lowest BCUT2D eigenvalue weighted by atomic mass is 10.1. The Labute approximate surface area is 107 Å². The molecular formula is C11H12INO3. The summed E-state index contributed by atoms with van der Waals surface area (Å²) in [5, 5.41) is 11.7. The zero-order chi connectivity index (χ0) is 12.3. The van der Waals surface area contributed by atoms with Gasteiger partial charge in [0, 0.05) is 9.61 Å². The lowest BCUT2D eigenvalue weighted by Gasteiger charge is -2.11. The first-order valence-corrected chi connectivity index (χ1v) is 5.84. The lowest BCUT2D eigenvalue weighted by molar-refractivity contribution is 0.0689. The van der Waals surface area contributed by atoms with Crippen molar-refractivity contribution in [2.75, 3.05) is 0 Å². The fraction of sp³-hybridized carbons (Fsp3) is 0.273. The van der Waals surface area contributed by atoms with Crippen LogP contribution in [0.4, 0.5) is 0 Å². The van der Waals surface area contributed by atoms with Gasteiger partial charge in [-0.2, -0.15) is 0 Å². The van der Waals surface area contributed by atoms with Crippen molar-refractivity contribution in [2.24, 2.45) is 0 Å². The van der Waals surface area contributed by atoms with Gasteiger partial charge in [-0.1, -0.05) is 6.07 Å². The molecule has 86 valence electrons. The first kappa shape index (κ1) is 13.0. The fourth-order valence-electron chi connectivity index (χ4n) is 1.27. The molecule has 1 aromatic carbocycles. The van der Waals surface area contributed by atoms with E-state index in [2.05, 4.69) is 5.32 Å². The summed E-state index contributed by atoms with van der Waals surface area (Å²) in [4.78, 5) is 22.8. The summed E-state index contributed by atoms with van der Waals surface area (Å²) < 4.78 is 0.557. The maximum Gasteiger partial charge on any atom is 0.337 e. The number of carbonyl (C=O) groups is 2. The highest BCUT2D eigenvalue weighted by Gasteiger charge is 2.19. The van der Waals surface area contributed by atoms with E-state index in [0.717, 1.165) is 0 Å². The summed E-state index contributed by atoms with van der Waals surface area (Å²) in [6, 6.07) is 4.83. The van der Waals surface area contributed by atoms with Crippen molar-refractivity contribution in [3.05, 3.63) is 32.9 Å². The van der Waals surface area contributed by atoms with E-state index in [1.807, 2.05) is 36.4 Å². The summed E-state index contributed by atoms with van der Waals surface area (Å²) in [7, 11) is 0. The van der Waals surface area contributed by atoms with Gasteiger partial charge in [-0.05, 0) is 48.6 Å². The Bertz CT molecular complexity index is 429. The van der Waals surface area contributed by atoms with Gasteiger partial charge in [0.2, 0.25) is 0 Å². The number of carbonyl (C=O) groups excluding carboxylic acids is 1. The van der Waals surface area contributed by atoms with E-state index in [1.54, 1.807) is 12.1 Å². The van der Waals surface area contributed by atoms with Crippen LogP contribution in [0.5, 0.6) is 0 Å². The first-order valence-electron chi connectivity index (χ1n) is 4.76. The summed E-state index contributed by atoms with van der Waals surface area (Å²) in [5.74, 6) is -1.44. The molecule has 5 heteroatoms. The number of rotatable bonds is 3. The summed E-state index contributed by atoms with van der Waals surface area (Å²) in [6.45, 7) is 3.65. The summed E-state index contributed by atoms with van der Waals surface area (Å²) >= 11 is 1.91. The normalized spacial score (nSPS) is 10.2. The SMILES string of the molecule is CC(C)NC(=O)c1cccc(I)c1C(=O)O. The Morgan fingerprint density at radius 1 is 1.38 bits per heavy atom. The van der Waals surface area contributed by atoms with Gasteiger partial charge in [-0.25, -0.2) is 4.79 Å². The molecule has 0 atom stereocenters. The van der Waals surface area contributed by atoms with Crippen molar-refractivity contribution in [3.8, 4) is 0 Å². The topological polar surface area (TPSA) is 66.4 Å². The maximum atomic E-state index is 11.8. The van der Waals surface area contributed by atoms with Crippen LogP contribution in [0.15, 0.2) is 18.2 Å². The van der Waals surface area contributed by atoms with Crippen molar-refractivity contribution >= 4 is 34.5 Å². The van der Waals surface area contributed by atoms with E-state index in [4.69, 9.17) is 5.11 Å². The molecule has 1 amide bonds. The van der Waals surface area contributed by atoms with Gasteiger partial charge in [0.1, 0.15) is 0 Å². The lowest BCUT2D eigenvalue weighted by Crippen LogP contribution is -2.31. The van der Waals surface area contributed by atoms with Crippen molar-refractivity contribution in [1.29, 1.82) is 0 Å². The Balaban J connectivity index is 3.18. The van der Waals surface area contributed by atoms with Gasteiger partial charge < -0.3 is 10.4 Å². The number of nitrogens with one attached hydrogen (secondary N) is 1. The van der Waals surface area contributed by atoms with Crippen LogP contribution in [0.25, 0.3) is 0 Å². The van der Waals surface area contributed by atoms with E-state index in [0.29, 0.717) is 3.57 Å². The van der Waals surface area contributed by atoms with Crippen LogP contribution in [-0.4, -0.2) is 23.0 Å². The molecule has 4 nitrogen and oxygen atoms in total. The molecule has 1 aromatic rings. The highest BCUT2D eigenvalue weighted by Crippen LogP contribution is 2.17. The van der Waals surface area contributed by atoms with E-state index >= 15 is 0 Å². The predicted octanol–water partition coefficient (Wildman–Crippen LogP) is 2.13. The predicted molar refractivity (Wildman–Crippen MR) is 68.7 cm³/mol. The van der Waals surface area contributed by atoms with Gasteiger partial charge in [0.05, 0.1) is 11.1 Å². The summed E-state index contributed by atoms with van der Waals surface area (Å²) in [5.41, 5.74) is 0.259. The Kier molecular flexibility index (Phi) is 4.28. The number of hydrogen-bond donors (Lipinski definition) is 2. The van der Waals surface area contributed by atoms with Crippen molar-refractivity contribution < 1.29 is 14.7 Å². The van der Waals surface area contributed by atoms with Crippen molar-refractivity contribution in [2.45, 2.75) is 19.9 Å². The van der Waals surface area contributed by atoms with Gasteiger partial charge >= 0.3 is 5.97 Å². The van der Waals surface area contributed by atoms with Crippen LogP contribution < -0.4 is 5.32 Å². The zero-order valence-electron chi connectivity index (χ0n) is 8.95. The second-order valence-electron chi connectivity index (χ2n) is 3.60. The van der Waals surface area contributed by atoms with Crippen LogP contribution in [-0.2, 0) is 0 Å². The molecule has 0 spiro atoms. The minimum atomic E-state index is -1.08. The third-order valence-corrected chi connectivity index (χ3v) is 2.79. The Morgan fingerprint density at radius 2 is 2.00 bits per heavy atom. The number of amides is 1. The molecule has 0 fully saturated rings. The molecule has 0 radical (unpaired) electrons. The smallest absolute Gasteiger partial charge is 0.337 e. The van der Waals surface area contributed by atoms with E-state index in [1.165, 1.54) is 6.07 Å². The molecule has 0 aromatic heterocycles. The third-order valence-electron chi connectivity index (χ3n) is 1.89. The van der Waals surface area contributed by atoms with Gasteiger partial charge in [-0.3, -0.25) is 4.79 Å². The van der Waals surface area contributed by atoms with Crippen LogP contribution >= 0.6 is 22.6 Å². The van der Waals surface area contributed by atoms with Crippen LogP contribution in [0.1, 0.15) is 34.6 Å². The number of hydrogen-bond acceptors (Lipinski definition) is 2. The fourth-order valence-corrected chi connectivity index (χ4v) is 2.00. The van der Waals surface area contributed by atoms with Crippen LogP contribution in [0.3, 0.4) is 0 Å². The van der Waals surface area contributed by atoms with Gasteiger partial charge in [0.15, 0.2) is 0 Å². The number of halogens is 1. The third kappa shape index (κ3) is 2.94.